The first-order valence-electron chi connectivity index (χ1n) is 8.64. The van der Waals surface area contributed by atoms with Crippen molar-refractivity contribution in [1.29, 1.82) is 0 Å². The number of carbonyl (C=O) groups is 2. The van der Waals surface area contributed by atoms with Crippen LogP contribution in [0.1, 0.15) is 53.4 Å². The summed E-state index contributed by atoms with van der Waals surface area (Å²) in [6.45, 7) is 8.00. The SMILES string of the molecule is CCCCC(C)C(O)C=CC1CC1(C(=O)OCC)C(=O)OCC. The molecule has 1 fully saturated rings. The van der Waals surface area contributed by atoms with E-state index >= 15 is 0 Å². The van der Waals surface area contributed by atoms with Gasteiger partial charge >= 0.3 is 11.9 Å². The minimum atomic E-state index is -1.21. The Bertz CT molecular complexity index is 411. The Kier molecular flexibility index (Phi) is 7.76. The van der Waals surface area contributed by atoms with Crippen molar-refractivity contribution in [2.45, 2.75) is 59.5 Å². The molecule has 1 N–H and O–H groups in total. The molecule has 3 unspecified atom stereocenters. The van der Waals surface area contributed by atoms with Crippen molar-refractivity contribution in [3.63, 3.8) is 0 Å². The molecule has 132 valence electrons. The number of ether oxygens (including phenoxy) is 2. The highest BCUT2D eigenvalue weighted by atomic mass is 16.6. The molecule has 1 aliphatic rings. The summed E-state index contributed by atoms with van der Waals surface area (Å²) in [4.78, 5) is 24.3. The lowest BCUT2D eigenvalue weighted by atomic mass is 9.97. The largest absolute Gasteiger partial charge is 0.465 e. The molecule has 0 radical (unpaired) electrons. The van der Waals surface area contributed by atoms with Crippen molar-refractivity contribution in [3.8, 4) is 0 Å². The van der Waals surface area contributed by atoms with Crippen LogP contribution >= 0.6 is 0 Å². The summed E-state index contributed by atoms with van der Waals surface area (Å²) < 4.78 is 10.1. The van der Waals surface area contributed by atoms with Crippen LogP contribution in [0.3, 0.4) is 0 Å². The van der Waals surface area contributed by atoms with Crippen molar-refractivity contribution in [2.24, 2.45) is 17.3 Å². The van der Waals surface area contributed by atoms with Gasteiger partial charge in [0.2, 0.25) is 0 Å². The van der Waals surface area contributed by atoms with Crippen LogP contribution in [0, 0.1) is 17.3 Å². The smallest absolute Gasteiger partial charge is 0.324 e. The summed E-state index contributed by atoms with van der Waals surface area (Å²) in [6.07, 6.45) is 6.41. The van der Waals surface area contributed by atoms with Crippen molar-refractivity contribution in [2.75, 3.05) is 13.2 Å². The van der Waals surface area contributed by atoms with Crippen molar-refractivity contribution < 1.29 is 24.2 Å². The van der Waals surface area contributed by atoms with E-state index in [0.717, 1.165) is 19.3 Å². The van der Waals surface area contributed by atoms with Crippen LogP contribution in [0.15, 0.2) is 12.2 Å². The highest BCUT2D eigenvalue weighted by Gasteiger charge is 2.67. The Balaban J connectivity index is 2.71. The molecule has 1 aliphatic carbocycles. The molecule has 0 bridgehead atoms. The third-order valence-electron chi connectivity index (χ3n) is 4.43. The molecule has 0 aromatic heterocycles. The van der Waals surface area contributed by atoms with E-state index in [4.69, 9.17) is 9.47 Å². The molecular weight excluding hydrogens is 296 g/mol. The molecule has 23 heavy (non-hydrogen) atoms. The van der Waals surface area contributed by atoms with E-state index in [0.29, 0.717) is 6.42 Å². The summed E-state index contributed by atoms with van der Waals surface area (Å²) in [7, 11) is 0. The third kappa shape index (κ3) is 4.80. The molecule has 0 amide bonds. The highest BCUT2D eigenvalue weighted by Crippen LogP contribution is 2.55. The van der Waals surface area contributed by atoms with Gasteiger partial charge < -0.3 is 14.6 Å². The molecule has 0 saturated heterocycles. The van der Waals surface area contributed by atoms with Gasteiger partial charge in [-0.1, -0.05) is 38.8 Å². The highest BCUT2D eigenvalue weighted by molar-refractivity contribution is 6.04. The van der Waals surface area contributed by atoms with Crippen LogP contribution < -0.4 is 0 Å². The van der Waals surface area contributed by atoms with Gasteiger partial charge in [-0.25, -0.2) is 0 Å². The zero-order valence-corrected chi connectivity index (χ0v) is 14.7. The molecule has 3 atom stereocenters. The van der Waals surface area contributed by atoms with E-state index in [1.54, 1.807) is 26.0 Å². The number of aliphatic hydroxyl groups is 1. The second-order valence-electron chi connectivity index (χ2n) is 6.22. The predicted molar refractivity (Wildman–Crippen MR) is 87.6 cm³/mol. The standard InChI is InChI=1S/C18H30O5/c1-5-8-9-13(4)15(19)11-10-14-12-18(14,16(20)22-6-2)17(21)23-7-3/h10-11,13-15,19H,5-9,12H2,1-4H3. The maximum absolute atomic E-state index is 12.2. The van der Waals surface area contributed by atoms with E-state index in [-0.39, 0.29) is 25.0 Å². The van der Waals surface area contributed by atoms with E-state index in [9.17, 15) is 14.7 Å². The van der Waals surface area contributed by atoms with Gasteiger partial charge in [0.1, 0.15) is 0 Å². The second-order valence-corrected chi connectivity index (χ2v) is 6.22. The number of hydrogen-bond acceptors (Lipinski definition) is 5. The Labute approximate surface area is 139 Å². The lowest BCUT2D eigenvalue weighted by Crippen LogP contribution is -2.31. The fourth-order valence-corrected chi connectivity index (χ4v) is 2.73. The Morgan fingerprint density at radius 3 is 2.26 bits per heavy atom. The third-order valence-corrected chi connectivity index (χ3v) is 4.43. The number of rotatable bonds is 10. The molecule has 5 heteroatoms. The van der Waals surface area contributed by atoms with Crippen molar-refractivity contribution >= 4 is 11.9 Å². The molecule has 0 heterocycles. The summed E-state index contributed by atoms with van der Waals surface area (Å²) in [5.74, 6) is -1.15. The molecule has 1 rings (SSSR count). The van der Waals surface area contributed by atoms with Crippen LogP contribution in [0.4, 0.5) is 0 Å². The minimum Gasteiger partial charge on any atom is -0.465 e. The number of aliphatic hydroxyl groups excluding tert-OH is 1. The number of allylic oxidation sites excluding steroid dienone is 1. The van der Waals surface area contributed by atoms with Crippen LogP contribution in [0.2, 0.25) is 0 Å². The van der Waals surface area contributed by atoms with E-state index in [1.165, 1.54) is 0 Å². The first-order valence-corrected chi connectivity index (χ1v) is 8.64. The van der Waals surface area contributed by atoms with Gasteiger partial charge in [0.25, 0.3) is 0 Å². The molecule has 0 aromatic carbocycles. The normalized spacial score (nSPS) is 21.7. The summed E-state index contributed by atoms with van der Waals surface area (Å²) in [5, 5.41) is 10.2. The Hall–Kier alpha value is -1.36. The molecule has 0 aliphatic heterocycles. The van der Waals surface area contributed by atoms with Crippen LogP contribution in [0.5, 0.6) is 0 Å². The fourth-order valence-electron chi connectivity index (χ4n) is 2.73. The maximum Gasteiger partial charge on any atom is 0.324 e. The molecule has 0 aromatic rings. The zero-order valence-electron chi connectivity index (χ0n) is 14.7. The first-order chi connectivity index (χ1) is 10.9. The van der Waals surface area contributed by atoms with Crippen LogP contribution in [-0.2, 0) is 19.1 Å². The number of carbonyl (C=O) groups excluding carboxylic acids is 2. The molecule has 1 saturated carbocycles. The topological polar surface area (TPSA) is 72.8 Å². The molecular formula is C18H30O5. The molecule has 5 nitrogen and oxygen atoms in total. The van der Waals surface area contributed by atoms with Gasteiger partial charge in [0, 0.05) is 5.92 Å². The van der Waals surface area contributed by atoms with E-state index in [1.807, 2.05) is 6.92 Å². The monoisotopic (exact) mass is 326 g/mol. The number of hydrogen-bond donors (Lipinski definition) is 1. The predicted octanol–water partition coefficient (Wildman–Crippen LogP) is 2.86. The summed E-state index contributed by atoms with van der Waals surface area (Å²) >= 11 is 0. The number of unbranched alkanes of at least 4 members (excludes halogenated alkanes) is 1. The zero-order chi connectivity index (χ0) is 17.5. The van der Waals surface area contributed by atoms with Gasteiger partial charge in [-0.2, -0.15) is 0 Å². The first kappa shape index (κ1) is 19.7. The van der Waals surface area contributed by atoms with Crippen molar-refractivity contribution in [1.82, 2.24) is 0 Å². The maximum atomic E-state index is 12.2. The van der Waals surface area contributed by atoms with Crippen LogP contribution in [-0.4, -0.2) is 36.4 Å². The van der Waals surface area contributed by atoms with Gasteiger partial charge in [0.15, 0.2) is 5.41 Å². The van der Waals surface area contributed by atoms with E-state index < -0.39 is 23.5 Å². The second kappa shape index (κ2) is 9.06. The quantitative estimate of drug-likeness (QED) is 0.380. The average Bonchev–Trinajstić information content (AvgIpc) is 3.26. The van der Waals surface area contributed by atoms with Crippen molar-refractivity contribution in [3.05, 3.63) is 12.2 Å². The van der Waals surface area contributed by atoms with Gasteiger partial charge in [-0.15, -0.1) is 0 Å². The summed E-state index contributed by atoms with van der Waals surface area (Å²) in [6, 6.07) is 0. The lowest BCUT2D eigenvalue weighted by Gasteiger charge is -2.16. The Morgan fingerprint density at radius 2 is 1.78 bits per heavy atom. The van der Waals surface area contributed by atoms with Gasteiger partial charge in [-0.05, 0) is 32.6 Å². The fraction of sp³-hybridized carbons (Fsp3) is 0.778. The van der Waals surface area contributed by atoms with Crippen LogP contribution in [0.25, 0.3) is 0 Å². The lowest BCUT2D eigenvalue weighted by molar-refractivity contribution is -0.164. The number of esters is 2. The Morgan fingerprint density at radius 1 is 1.22 bits per heavy atom. The molecule has 0 spiro atoms. The van der Waals surface area contributed by atoms with E-state index in [2.05, 4.69) is 6.92 Å². The van der Waals surface area contributed by atoms with Gasteiger partial charge in [-0.3, -0.25) is 9.59 Å². The minimum absolute atomic E-state index is 0.157. The average molecular weight is 326 g/mol. The van der Waals surface area contributed by atoms with Gasteiger partial charge in [0.05, 0.1) is 19.3 Å². The summed E-state index contributed by atoms with van der Waals surface area (Å²) in [5.41, 5.74) is -1.21.